The van der Waals surface area contributed by atoms with E-state index in [-0.39, 0.29) is 23.5 Å². The van der Waals surface area contributed by atoms with Crippen LogP contribution in [0.3, 0.4) is 0 Å². The average Bonchev–Trinajstić information content (AvgIpc) is 2.73. The van der Waals surface area contributed by atoms with E-state index in [1.807, 2.05) is 12.1 Å². The lowest BCUT2D eigenvalue weighted by molar-refractivity contribution is 0.311. The van der Waals surface area contributed by atoms with E-state index in [0.29, 0.717) is 33.5 Å². The summed E-state index contributed by atoms with van der Waals surface area (Å²) in [7, 11) is -3.86. The summed E-state index contributed by atoms with van der Waals surface area (Å²) in [4.78, 5) is 9.04. The Morgan fingerprint density at radius 1 is 1.09 bits per heavy atom. The number of hydrogen-bond donors (Lipinski definition) is 3. The first kappa shape index (κ1) is 24.0. The van der Waals surface area contributed by atoms with Crippen LogP contribution in [0.25, 0.3) is 11.3 Å². The van der Waals surface area contributed by atoms with Gasteiger partial charge in [-0.3, -0.25) is 9.71 Å². The topological polar surface area (TPSA) is 104 Å². The van der Waals surface area contributed by atoms with Gasteiger partial charge in [-0.25, -0.2) is 13.4 Å². The molecule has 0 atom stereocenters. The number of aliphatic hydroxyl groups excluding tert-OH is 1. The molecule has 0 aliphatic heterocycles. The number of benzene rings is 2. The number of aromatic nitrogens is 2. The number of hydrogen-bond acceptors (Lipinski definition) is 6. The van der Waals surface area contributed by atoms with Crippen LogP contribution in [-0.4, -0.2) is 36.6 Å². The summed E-state index contributed by atoms with van der Waals surface area (Å²) >= 11 is 6.22. The van der Waals surface area contributed by atoms with Gasteiger partial charge in [0.25, 0.3) is 10.0 Å². The zero-order valence-electron chi connectivity index (χ0n) is 18.5. The number of sulfonamides is 1. The minimum atomic E-state index is -3.86. The van der Waals surface area contributed by atoms with E-state index in [1.165, 1.54) is 0 Å². The third kappa shape index (κ3) is 5.56. The molecule has 0 amide bonds. The molecule has 9 heteroatoms. The number of anilines is 2. The van der Waals surface area contributed by atoms with Crippen LogP contribution in [0.5, 0.6) is 0 Å². The molecule has 0 saturated heterocycles. The standard InChI is InChI=1S/C23H27ClN4O3S/c1-15-14-26-21(22(27-15)25-11-12-29)19-13-17(24)7-10-20(19)28-32(30,31)18-8-5-16(6-9-18)23(2,3)4/h5-10,13-14,28-29H,11-12H2,1-4H3,(H,25,27). The van der Waals surface area contributed by atoms with Gasteiger partial charge in [0, 0.05) is 23.3 Å². The smallest absolute Gasteiger partial charge is 0.261 e. The Morgan fingerprint density at radius 3 is 2.41 bits per heavy atom. The Kier molecular flexibility index (Phi) is 7.07. The van der Waals surface area contributed by atoms with Crippen LogP contribution in [0.1, 0.15) is 32.0 Å². The first-order chi connectivity index (χ1) is 15.0. The first-order valence-corrected chi connectivity index (χ1v) is 12.0. The fourth-order valence-corrected chi connectivity index (χ4v) is 4.36. The van der Waals surface area contributed by atoms with Crippen LogP contribution in [0, 0.1) is 6.92 Å². The summed E-state index contributed by atoms with van der Waals surface area (Å²) in [6, 6.07) is 11.7. The summed E-state index contributed by atoms with van der Waals surface area (Å²) in [5, 5.41) is 12.6. The molecule has 3 aromatic rings. The van der Waals surface area contributed by atoms with Crippen LogP contribution in [0.2, 0.25) is 5.02 Å². The normalized spacial score (nSPS) is 11.9. The van der Waals surface area contributed by atoms with Crippen LogP contribution < -0.4 is 10.0 Å². The highest BCUT2D eigenvalue weighted by Crippen LogP contribution is 2.35. The number of aliphatic hydroxyl groups is 1. The van der Waals surface area contributed by atoms with Gasteiger partial charge in [0.2, 0.25) is 0 Å². The second-order valence-corrected chi connectivity index (χ2v) is 10.5. The predicted molar refractivity (Wildman–Crippen MR) is 129 cm³/mol. The van der Waals surface area contributed by atoms with Gasteiger partial charge in [0.15, 0.2) is 5.82 Å². The van der Waals surface area contributed by atoms with Crippen molar-refractivity contribution in [3.05, 3.63) is 64.9 Å². The van der Waals surface area contributed by atoms with Gasteiger partial charge in [-0.2, -0.15) is 0 Å². The highest BCUT2D eigenvalue weighted by molar-refractivity contribution is 7.92. The molecule has 170 valence electrons. The number of nitrogens with one attached hydrogen (secondary N) is 2. The second-order valence-electron chi connectivity index (χ2n) is 8.43. The Hall–Kier alpha value is -2.68. The van der Waals surface area contributed by atoms with E-state index >= 15 is 0 Å². The van der Waals surface area contributed by atoms with Crippen molar-refractivity contribution in [2.24, 2.45) is 0 Å². The third-order valence-electron chi connectivity index (χ3n) is 4.81. The highest BCUT2D eigenvalue weighted by atomic mass is 35.5. The lowest BCUT2D eigenvalue weighted by Crippen LogP contribution is -2.16. The van der Waals surface area contributed by atoms with Gasteiger partial charge < -0.3 is 10.4 Å². The lowest BCUT2D eigenvalue weighted by atomic mass is 9.87. The zero-order chi connectivity index (χ0) is 23.5. The summed E-state index contributed by atoms with van der Waals surface area (Å²) in [5.41, 5.74) is 2.85. The molecule has 0 aliphatic rings. The van der Waals surface area contributed by atoms with E-state index < -0.39 is 10.0 Å². The molecule has 32 heavy (non-hydrogen) atoms. The van der Waals surface area contributed by atoms with Crippen molar-refractivity contribution in [1.29, 1.82) is 0 Å². The number of nitrogens with zero attached hydrogens (tertiary/aromatic N) is 2. The third-order valence-corrected chi connectivity index (χ3v) is 6.43. The van der Waals surface area contributed by atoms with E-state index in [4.69, 9.17) is 11.6 Å². The van der Waals surface area contributed by atoms with Crippen molar-refractivity contribution in [3.8, 4) is 11.3 Å². The second kappa shape index (κ2) is 9.44. The van der Waals surface area contributed by atoms with Gasteiger partial charge in [0.1, 0.15) is 5.69 Å². The summed E-state index contributed by atoms with van der Waals surface area (Å²) in [6.45, 7) is 8.19. The fourth-order valence-electron chi connectivity index (χ4n) is 3.11. The molecule has 0 unspecified atom stereocenters. The largest absolute Gasteiger partial charge is 0.395 e. The average molecular weight is 475 g/mol. The molecule has 1 heterocycles. The van der Waals surface area contributed by atoms with Crippen molar-refractivity contribution in [2.75, 3.05) is 23.2 Å². The highest BCUT2D eigenvalue weighted by Gasteiger charge is 2.21. The van der Waals surface area contributed by atoms with Gasteiger partial charge in [0.05, 0.1) is 22.9 Å². The van der Waals surface area contributed by atoms with E-state index in [1.54, 1.807) is 43.5 Å². The van der Waals surface area contributed by atoms with Crippen molar-refractivity contribution in [1.82, 2.24) is 9.97 Å². The molecule has 0 radical (unpaired) electrons. The van der Waals surface area contributed by atoms with Crippen molar-refractivity contribution >= 4 is 33.1 Å². The Bertz CT molecular complexity index is 1210. The molecule has 7 nitrogen and oxygen atoms in total. The van der Waals surface area contributed by atoms with Crippen LogP contribution in [-0.2, 0) is 15.4 Å². The molecule has 0 bridgehead atoms. The molecule has 3 N–H and O–H groups in total. The maximum absolute atomic E-state index is 13.1. The van der Waals surface area contributed by atoms with Crippen LogP contribution in [0.4, 0.5) is 11.5 Å². The SMILES string of the molecule is Cc1cnc(-c2cc(Cl)ccc2NS(=O)(=O)c2ccc(C(C)(C)C)cc2)c(NCCO)n1. The van der Waals surface area contributed by atoms with Crippen LogP contribution >= 0.6 is 11.6 Å². The van der Waals surface area contributed by atoms with Gasteiger partial charge in [-0.1, -0.05) is 44.5 Å². The Labute approximate surface area is 193 Å². The molecule has 0 fully saturated rings. The summed E-state index contributed by atoms with van der Waals surface area (Å²) in [5.74, 6) is 0.427. The summed E-state index contributed by atoms with van der Waals surface area (Å²) < 4.78 is 28.9. The molecule has 2 aromatic carbocycles. The first-order valence-electron chi connectivity index (χ1n) is 10.1. The number of halogens is 1. The van der Waals surface area contributed by atoms with Crippen molar-refractivity contribution in [3.63, 3.8) is 0 Å². The summed E-state index contributed by atoms with van der Waals surface area (Å²) in [6.07, 6.45) is 1.59. The molecule has 0 saturated carbocycles. The Balaban J connectivity index is 2.02. The van der Waals surface area contributed by atoms with Crippen molar-refractivity contribution in [2.45, 2.75) is 38.0 Å². The van der Waals surface area contributed by atoms with E-state index in [9.17, 15) is 13.5 Å². The minimum absolute atomic E-state index is 0.0822. The van der Waals surface area contributed by atoms with E-state index in [0.717, 1.165) is 5.56 Å². The molecular formula is C23H27ClN4O3S. The minimum Gasteiger partial charge on any atom is -0.395 e. The van der Waals surface area contributed by atoms with Gasteiger partial charge in [-0.05, 0) is 48.2 Å². The molecule has 0 aliphatic carbocycles. The maximum Gasteiger partial charge on any atom is 0.261 e. The monoisotopic (exact) mass is 474 g/mol. The zero-order valence-corrected chi connectivity index (χ0v) is 20.0. The molecule has 0 spiro atoms. The van der Waals surface area contributed by atoms with Gasteiger partial charge in [-0.15, -0.1) is 0 Å². The van der Waals surface area contributed by atoms with Gasteiger partial charge >= 0.3 is 0 Å². The lowest BCUT2D eigenvalue weighted by Gasteiger charge is -2.19. The maximum atomic E-state index is 13.1. The molecule has 1 aromatic heterocycles. The quantitative estimate of drug-likeness (QED) is 0.462. The van der Waals surface area contributed by atoms with Crippen molar-refractivity contribution < 1.29 is 13.5 Å². The van der Waals surface area contributed by atoms with E-state index in [2.05, 4.69) is 40.8 Å². The number of rotatable bonds is 7. The fraction of sp³-hybridized carbons (Fsp3) is 0.304. The molecule has 3 rings (SSSR count). The predicted octanol–water partition coefficient (Wildman–Crippen LogP) is 4.61. The van der Waals surface area contributed by atoms with Crippen LogP contribution in [0.15, 0.2) is 53.6 Å². The molecular weight excluding hydrogens is 448 g/mol. The number of aryl methyl sites for hydroxylation is 1. The Morgan fingerprint density at radius 2 is 1.78 bits per heavy atom.